The molecule has 0 amide bonds. The number of unbranched alkanes of at least 4 members (excludes halogenated alkanes) is 1. The maximum Gasteiger partial charge on any atom is 0.326 e. The topological polar surface area (TPSA) is 136 Å². The molecule has 3 N–H and O–H groups in total. The number of carbonyl (C=O) groups is 1. The summed E-state index contributed by atoms with van der Waals surface area (Å²) < 4.78 is 5.90. The molecule has 10 heteroatoms. The van der Waals surface area contributed by atoms with Crippen molar-refractivity contribution in [2.45, 2.75) is 44.6 Å². The average Bonchev–Trinajstić information content (AvgIpc) is 2.97. The molecule has 39 heavy (non-hydrogen) atoms. The number of benzene rings is 1. The summed E-state index contributed by atoms with van der Waals surface area (Å²) in [4.78, 5) is 27.1. The summed E-state index contributed by atoms with van der Waals surface area (Å²) in [7, 11) is 0. The molecule has 0 bridgehead atoms. The Labute approximate surface area is 229 Å². The number of fused-ring (bicyclic) bond motifs is 1. The highest BCUT2D eigenvalue weighted by Crippen LogP contribution is 2.20. The predicted octanol–water partition coefficient (Wildman–Crippen LogP) is 3.76. The number of para-hydroxylation sites is 1. The molecule has 2 aromatic heterocycles. The van der Waals surface area contributed by atoms with E-state index in [1.807, 2.05) is 36.4 Å². The Morgan fingerprint density at radius 3 is 2.72 bits per heavy atom. The van der Waals surface area contributed by atoms with Gasteiger partial charge in [-0.05, 0) is 68.8 Å². The summed E-state index contributed by atoms with van der Waals surface area (Å²) >= 11 is 0. The number of anilines is 2. The highest BCUT2D eigenvalue weighted by Gasteiger charge is 2.20. The third kappa shape index (κ3) is 8.93. The fourth-order valence-corrected chi connectivity index (χ4v) is 4.48. The van der Waals surface area contributed by atoms with Gasteiger partial charge in [-0.2, -0.15) is 5.26 Å². The van der Waals surface area contributed by atoms with Crippen LogP contribution in [0.1, 0.15) is 42.5 Å². The number of aromatic nitrogens is 3. The molecule has 0 radical (unpaired) electrons. The minimum atomic E-state index is -0.976. The van der Waals surface area contributed by atoms with Gasteiger partial charge < -0.3 is 20.5 Å². The Morgan fingerprint density at radius 2 is 1.95 bits per heavy atom. The van der Waals surface area contributed by atoms with Gasteiger partial charge in [0.25, 0.3) is 0 Å². The lowest BCUT2D eigenvalue weighted by atomic mass is 10.1. The molecule has 3 heterocycles. The highest BCUT2D eigenvalue weighted by atomic mass is 16.5. The van der Waals surface area contributed by atoms with Crippen molar-refractivity contribution in [1.82, 2.24) is 19.9 Å². The van der Waals surface area contributed by atoms with Crippen molar-refractivity contribution >= 4 is 17.7 Å². The second-order valence-corrected chi connectivity index (χ2v) is 9.53. The molecule has 1 unspecified atom stereocenters. The molecule has 0 saturated carbocycles. The molecule has 1 aliphatic rings. The van der Waals surface area contributed by atoms with Crippen molar-refractivity contribution in [3.8, 4) is 11.8 Å². The van der Waals surface area contributed by atoms with Crippen LogP contribution in [0.25, 0.3) is 0 Å². The first-order chi connectivity index (χ1) is 19.1. The normalized spacial score (nSPS) is 13.1. The van der Waals surface area contributed by atoms with Crippen LogP contribution in [0.4, 0.5) is 11.8 Å². The van der Waals surface area contributed by atoms with Gasteiger partial charge >= 0.3 is 5.97 Å². The van der Waals surface area contributed by atoms with Crippen LogP contribution in [0.15, 0.2) is 54.9 Å². The Morgan fingerprint density at radius 1 is 1.13 bits per heavy atom. The summed E-state index contributed by atoms with van der Waals surface area (Å²) in [6, 6.07) is 15.1. The first kappa shape index (κ1) is 27.8. The Hall–Kier alpha value is -4.23. The number of ether oxygens (including phenoxy) is 1. The number of hydrogen-bond acceptors (Lipinski definition) is 9. The number of nitrogens with one attached hydrogen (secondary N) is 2. The SMILES string of the molecule is N#Cc1cnc(NC(CCN(CCCCc2ccc3c(n2)NCCC3)CCOc2ccccc2)C(=O)O)nc1. The number of carboxylic acid groups (broad SMARTS) is 1. The summed E-state index contributed by atoms with van der Waals surface area (Å²) in [5.41, 5.74) is 2.71. The predicted molar refractivity (Wildman–Crippen MR) is 149 cm³/mol. The second kappa shape index (κ2) is 14.6. The van der Waals surface area contributed by atoms with Crippen LogP contribution in [0.3, 0.4) is 0 Å². The van der Waals surface area contributed by atoms with Gasteiger partial charge in [0.15, 0.2) is 0 Å². The third-order valence-electron chi connectivity index (χ3n) is 6.64. The molecule has 1 atom stereocenters. The largest absolute Gasteiger partial charge is 0.492 e. The first-order valence-corrected chi connectivity index (χ1v) is 13.4. The van der Waals surface area contributed by atoms with Gasteiger partial charge in [-0.1, -0.05) is 24.3 Å². The minimum Gasteiger partial charge on any atom is -0.492 e. The molecule has 0 fully saturated rings. The van der Waals surface area contributed by atoms with Crippen LogP contribution in [-0.2, 0) is 17.6 Å². The third-order valence-corrected chi connectivity index (χ3v) is 6.64. The van der Waals surface area contributed by atoms with Crippen LogP contribution < -0.4 is 15.4 Å². The number of rotatable bonds is 15. The summed E-state index contributed by atoms with van der Waals surface area (Å²) in [5.74, 6) is 1.05. The van der Waals surface area contributed by atoms with Gasteiger partial charge in [-0.25, -0.2) is 19.7 Å². The summed E-state index contributed by atoms with van der Waals surface area (Å²) in [6.45, 7) is 3.55. The van der Waals surface area contributed by atoms with E-state index in [-0.39, 0.29) is 5.95 Å². The van der Waals surface area contributed by atoms with Crippen molar-refractivity contribution in [2.75, 3.05) is 43.4 Å². The zero-order chi connectivity index (χ0) is 27.3. The quantitative estimate of drug-likeness (QED) is 0.250. The van der Waals surface area contributed by atoms with Crippen molar-refractivity contribution < 1.29 is 14.6 Å². The van der Waals surface area contributed by atoms with Gasteiger partial charge in [-0.3, -0.25) is 4.90 Å². The van der Waals surface area contributed by atoms with Crippen molar-refractivity contribution in [2.24, 2.45) is 0 Å². The first-order valence-electron chi connectivity index (χ1n) is 13.4. The van der Waals surface area contributed by atoms with Crippen LogP contribution in [0.5, 0.6) is 5.75 Å². The molecule has 0 aliphatic carbocycles. The van der Waals surface area contributed by atoms with Gasteiger partial charge in [-0.15, -0.1) is 0 Å². The molecule has 1 aromatic carbocycles. The van der Waals surface area contributed by atoms with Crippen molar-refractivity contribution in [3.05, 3.63) is 71.7 Å². The molecule has 4 rings (SSSR count). The fraction of sp³-hybridized carbons (Fsp3) is 0.414. The highest BCUT2D eigenvalue weighted by molar-refractivity contribution is 5.76. The van der Waals surface area contributed by atoms with E-state index in [0.717, 1.165) is 62.5 Å². The number of nitriles is 1. The molecular weight excluding hydrogens is 494 g/mol. The van der Waals surface area contributed by atoms with Gasteiger partial charge in [0.1, 0.15) is 30.3 Å². The van der Waals surface area contributed by atoms with Crippen LogP contribution >= 0.6 is 0 Å². The molecule has 0 saturated heterocycles. The number of nitrogens with zero attached hydrogens (tertiary/aromatic N) is 5. The lowest BCUT2D eigenvalue weighted by Crippen LogP contribution is -2.37. The van der Waals surface area contributed by atoms with Crippen molar-refractivity contribution in [3.63, 3.8) is 0 Å². The fourth-order valence-electron chi connectivity index (χ4n) is 4.48. The average molecular weight is 530 g/mol. The minimum absolute atomic E-state index is 0.187. The molecular formula is C29H35N7O3. The van der Waals surface area contributed by atoms with Gasteiger partial charge in [0.05, 0.1) is 18.0 Å². The van der Waals surface area contributed by atoms with Crippen LogP contribution in [-0.4, -0.2) is 69.8 Å². The standard InChI is InChI=1S/C29H35N7O3/c30-19-22-20-32-29(33-21-22)35-26(28(37)38)13-16-36(17-18-39-25-9-2-1-3-10-25)15-5-4-8-24-12-11-23-7-6-14-31-27(23)34-24/h1-3,9-12,20-21,26H,4-8,13-18H2,(H,31,34)(H,37,38)(H,32,33,35). The molecule has 0 spiro atoms. The monoisotopic (exact) mass is 529 g/mol. The lowest BCUT2D eigenvalue weighted by Gasteiger charge is -2.24. The molecule has 10 nitrogen and oxygen atoms in total. The van der Waals surface area contributed by atoms with E-state index in [2.05, 4.69) is 37.6 Å². The number of aryl methyl sites for hydroxylation is 2. The maximum atomic E-state index is 11.9. The lowest BCUT2D eigenvalue weighted by molar-refractivity contribution is -0.138. The molecule has 204 valence electrons. The van der Waals surface area contributed by atoms with E-state index in [4.69, 9.17) is 15.0 Å². The number of pyridine rings is 1. The Balaban J connectivity index is 1.29. The van der Waals surface area contributed by atoms with E-state index >= 15 is 0 Å². The summed E-state index contributed by atoms with van der Waals surface area (Å²) in [6.07, 6.45) is 8.18. The Kier molecular flexibility index (Phi) is 10.4. The summed E-state index contributed by atoms with van der Waals surface area (Å²) in [5, 5.41) is 25.0. The second-order valence-electron chi connectivity index (χ2n) is 9.53. The van der Waals surface area contributed by atoms with E-state index in [0.29, 0.717) is 31.7 Å². The van der Waals surface area contributed by atoms with E-state index in [9.17, 15) is 9.90 Å². The maximum absolute atomic E-state index is 11.9. The zero-order valence-corrected chi connectivity index (χ0v) is 22.1. The number of aliphatic carboxylic acids is 1. The van der Waals surface area contributed by atoms with E-state index < -0.39 is 12.0 Å². The van der Waals surface area contributed by atoms with Crippen LogP contribution in [0.2, 0.25) is 0 Å². The van der Waals surface area contributed by atoms with Crippen LogP contribution in [0, 0.1) is 11.3 Å². The van der Waals surface area contributed by atoms with E-state index in [1.54, 1.807) is 0 Å². The van der Waals surface area contributed by atoms with Crippen molar-refractivity contribution in [1.29, 1.82) is 5.26 Å². The van der Waals surface area contributed by atoms with Gasteiger partial charge in [0.2, 0.25) is 5.95 Å². The number of hydrogen-bond donors (Lipinski definition) is 3. The van der Waals surface area contributed by atoms with E-state index in [1.165, 1.54) is 18.0 Å². The molecule has 1 aliphatic heterocycles. The zero-order valence-electron chi connectivity index (χ0n) is 22.1. The smallest absolute Gasteiger partial charge is 0.326 e. The molecule has 3 aromatic rings. The Bertz CT molecular complexity index is 1230. The van der Waals surface area contributed by atoms with Gasteiger partial charge in [0, 0.05) is 25.3 Å². The number of carboxylic acids is 1.